The Balaban J connectivity index is 1.57. The highest BCUT2D eigenvalue weighted by Crippen LogP contribution is 2.28. The summed E-state index contributed by atoms with van der Waals surface area (Å²) in [5.74, 6) is 1.98. The first kappa shape index (κ1) is 16.3. The molecule has 0 fully saturated rings. The molecule has 0 radical (unpaired) electrons. The Labute approximate surface area is 160 Å². The molecule has 0 spiro atoms. The summed E-state index contributed by atoms with van der Waals surface area (Å²) in [4.78, 5) is 9.24. The summed E-state index contributed by atoms with van der Waals surface area (Å²) in [6, 6.07) is 6.04. The largest absolute Gasteiger partial charge is 0.454 e. The summed E-state index contributed by atoms with van der Waals surface area (Å²) in [6.07, 6.45) is 10.7. The summed E-state index contributed by atoms with van der Waals surface area (Å²) >= 11 is 0. The van der Waals surface area contributed by atoms with Crippen molar-refractivity contribution < 1.29 is 4.74 Å². The standard InChI is InChI=1S/C19H18N8O/c1-12(2)27-11-13(8-23-27)24-18-19-20-5-6-26(19)17-4-3-14(7-16(17)25-18)28-15-9-21-22-10-15/h3-12H,1-2H3,(H,21,22)(H,24,25). The molecule has 0 aliphatic carbocycles. The number of hydrogen-bond donors (Lipinski definition) is 2. The molecule has 0 bridgehead atoms. The van der Waals surface area contributed by atoms with Gasteiger partial charge >= 0.3 is 0 Å². The molecule has 0 saturated carbocycles. The van der Waals surface area contributed by atoms with Gasteiger partial charge in [0.25, 0.3) is 0 Å². The van der Waals surface area contributed by atoms with Crippen LogP contribution in [-0.4, -0.2) is 34.3 Å². The second kappa shape index (κ2) is 6.38. The van der Waals surface area contributed by atoms with Crippen LogP contribution >= 0.6 is 0 Å². The minimum absolute atomic E-state index is 0.286. The lowest BCUT2D eigenvalue weighted by molar-refractivity contribution is 0.483. The average molecular weight is 374 g/mol. The SMILES string of the molecule is CC(C)n1cc(Nc2nc3cc(Oc4cn[nH]c4)ccc3n3ccnc23)cn1. The van der Waals surface area contributed by atoms with Gasteiger partial charge in [0.05, 0.1) is 35.3 Å². The molecular weight excluding hydrogens is 356 g/mol. The monoisotopic (exact) mass is 374 g/mol. The van der Waals surface area contributed by atoms with E-state index in [0.29, 0.717) is 17.3 Å². The van der Waals surface area contributed by atoms with Crippen LogP contribution in [0.1, 0.15) is 19.9 Å². The van der Waals surface area contributed by atoms with E-state index in [1.54, 1.807) is 24.8 Å². The predicted molar refractivity (Wildman–Crippen MR) is 105 cm³/mol. The van der Waals surface area contributed by atoms with E-state index in [0.717, 1.165) is 22.4 Å². The van der Waals surface area contributed by atoms with E-state index >= 15 is 0 Å². The molecule has 9 heteroatoms. The van der Waals surface area contributed by atoms with Crippen molar-refractivity contribution in [2.45, 2.75) is 19.9 Å². The number of anilines is 2. The van der Waals surface area contributed by atoms with Gasteiger partial charge in [0, 0.05) is 30.7 Å². The van der Waals surface area contributed by atoms with Crippen molar-refractivity contribution >= 4 is 28.2 Å². The first-order chi connectivity index (χ1) is 13.7. The number of fused-ring (bicyclic) bond motifs is 3. The maximum Gasteiger partial charge on any atom is 0.180 e. The van der Waals surface area contributed by atoms with E-state index in [2.05, 4.69) is 39.4 Å². The molecule has 0 aliphatic heterocycles. The van der Waals surface area contributed by atoms with Gasteiger partial charge in [0.1, 0.15) is 5.75 Å². The van der Waals surface area contributed by atoms with Crippen LogP contribution in [0.2, 0.25) is 0 Å². The Morgan fingerprint density at radius 3 is 2.89 bits per heavy atom. The zero-order valence-corrected chi connectivity index (χ0v) is 15.4. The topological polar surface area (TPSA) is 97.9 Å². The lowest BCUT2D eigenvalue weighted by Gasteiger charge is -2.10. The minimum Gasteiger partial charge on any atom is -0.454 e. The molecule has 2 N–H and O–H groups in total. The molecule has 4 aromatic heterocycles. The number of aromatic amines is 1. The number of H-pyrrole nitrogens is 1. The molecule has 0 amide bonds. The Kier molecular flexibility index (Phi) is 3.71. The van der Waals surface area contributed by atoms with Crippen molar-refractivity contribution in [2.75, 3.05) is 5.32 Å². The number of ether oxygens (including phenoxy) is 1. The van der Waals surface area contributed by atoms with Crippen LogP contribution in [0, 0.1) is 0 Å². The van der Waals surface area contributed by atoms with Gasteiger partial charge in [-0.1, -0.05) is 0 Å². The number of benzene rings is 1. The van der Waals surface area contributed by atoms with E-state index in [-0.39, 0.29) is 6.04 Å². The van der Waals surface area contributed by atoms with Crippen molar-refractivity contribution in [3.8, 4) is 11.5 Å². The van der Waals surface area contributed by atoms with E-state index in [1.165, 1.54) is 0 Å². The summed E-state index contributed by atoms with van der Waals surface area (Å²) in [6.45, 7) is 4.17. The zero-order chi connectivity index (χ0) is 19.1. The second-order valence-electron chi connectivity index (χ2n) is 6.70. The summed E-state index contributed by atoms with van der Waals surface area (Å²) < 4.78 is 9.71. The Hall–Kier alpha value is -3.88. The Bertz CT molecular complexity index is 1250. The molecule has 5 aromatic rings. The lowest BCUT2D eigenvalue weighted by atomic mass is 10.2. The smallest absolute Gasteiger partial charge is 0.180 e. The summed E-state index contributed by atoms with van der Waals surface area (Å²) in [7, 11) is 0. The van der Waals surface area contributed by atoms with Gasteiger partial charge in [0.2, 0.25) is 0 Å². The van der Waals surface area contributed by atoms with Crippen LogP contribution < -0.4 is 10.1 Å². The van der Waals surface area contributed by atoms with Gasteiger partial charge in [-0.3, -0.25) is 14.2 Å². The van der Waals surface area contributed by atoms with Crippen LogP contribution in [0.15, 0.2) is 55.4 Å². The van der Waals surface area contributed by atoms with Crippen LogP contribution in [0.4, 0.5) is 11.5 Å². The number of hydrogen-bond acceptors (Lipinski definition) is 6. The van der Waals surface area contributed by atoms with Crippen molar-refractivity contribution in [1.82, 2.24) is 34.3 Å². The third-order valence-electron chi connectivity index (χ3n) is 4.39. The normalized spacial score (nSPS) is 11.5. The quantitative estimate of drug-likeness (QED) is 0.484. The van der Waals surface area contributed by atoms with Gasteiger partial charge in [-0.25, -0.2) is 9.97 Å². The van der Waals surface area contributed by atoms with Gasteiger partial charge in [0.15, 0.2) is 17.2 Å². The maximum atomic E-state index is 5.82. The van der Waals surface area contributed by atoms with Crippen molar-refractivity contribution in [3.05, 3.63) is 55.4 Å². The van der Waals surface area contributed by atoms with Crippen LogP contribution in [0.25, 0.3) is 16.7 Å². The Morgan fingerprint density at radius 2 is 2.11 bits per heavy atom. The Morgan fingerprint density at radius 1 is 1.18 bits per heavy atom. The number of nitrogens with zero attached hydrogens (tertiary/aromatic N) is 6. The average Bonchev–Trinajstić information content (AvgIpc) is 3.43. The van der Waals surface area contributed by atoms with E-state index in [9.17, 15) is 0 Å². The molecule has 4 heterocycles. The number of imidazole rings is 1. The fraction of sp³-hybridized carbons (Fsp3) is 0.158. The molecule has 0 atom stereocenters. The lowest BCUT2D eigenvalue weighted by Crippen LogP contribution is -2.01. The highest BCUT2D eigenvalue weighted by atomic mass is 16.5. The third-order valence-corrected chi connectivity index (χ3v) is 4.39. The highest BCUT2D eigenvalue weighted by Gasteiger charge is 2.12. The molecule has 140 valence electrons. The molecule has 0 unspecified atom stereocenters. The van der Waals surface area contributed by atoms with Gasteiger partial charge in [-0.05, 0) is 26.0 Å². The van der Waals surface area contributed by atoms with E-state index in [4.69, 9.17) is 9.72 Å². The van der Waals surface area contributed by atoms with Crippen LogP contribution in [0.5, 0.6) is 11.5 Å². The van der Waals surface area contributed by atoms with Crippen molar-refractivity contribution in [3.63, 3.8) is 0 Å². The first-order valence-electron chi connectivity index (χ1n) is 8.92. The summed E-state index contributed by atoms with van der Waals surface area (Å²) in [5, 5.41) is 14.3. The fourth-order valence-electron chi connectivity index (χ4n) is 3.04. The van der Waals surface area contributed by atoms with E-state index in [1.807, 2.05) is 39.7 Å². The molecule has 1 aromatic carbocycles. The summed E-state index contributed by atoms with van der Waals surface area (Å²) in [5.41, 5.74) is 3.32. The maximum absolute atomic E-state index is 5.82. The van der Waals surface area contributed by atoms with Gasteiger partial charge in [-0.2, -0.15) is 10.2 Å². The fourth-order valence-corrected chi connectivity index (χ4v) is 3.04. The van der Waals surface area contributed by atoms with Crippen molar-refractivity contribution in [1.29, 1.82) is 0 Å². The molecule has 0 saturated heterocycles. The van der Waals surface area contributed by atoms with Gasteiger partial charge in [-0.15, -0.1) is 0 Å². The van der Waals surface area contributed by atoms with Crippen LogP contribution in [0.3, 0.4) is 0 Å². The van der Waals surface area contributed by atoms with Gasteiger partial charge < -0.3 is 10.1 Å². The number of rotatable bonds is 5. The highest BCUT2D eigenvalue weighted by molar-refractivity contribution is 5.85. The van der Waals surface area contributed by atoms with Crippen LogP contribution in [-0.2, 0) is 0 Å². The zero-order valence-electron chi connectivity index (χ0n) is 15.4. The number of aromatic nitrogens is 7. The first-order valence-corrected chi connectivity index (χ1v) is 8.92. The van der Waals surface area contributed by atoms with E-state index < -0.39 is 0 Å². The molecule has 5 rings (SSSR count). The molecule has 0 aliphatic rings. The molecule has 9 nitrogen and oxygen atoms in total. The molecular formula is C19H18N8O. The minimum atomic E-state index is 0.286. The number of nitrogens with one attached hydrogen (secondary N) is 2. The van der Waals surface area contributed by atoms with Crippen molar-refractivity contribution in [2.24, 2.45) is 0 Å². The molecule has 28 heavy (non-hydrogen) atoms. The predicted octanol–water partition coefficient (Wildman–Crippen LogP) is 3.92. The second-order valence-corrected chi connectivity index (χ2v) is 6.70. The third kappa shape index (κ3) is 2.82.